The quantitative estimate of drug-likeness (QED) is 0.720. The van der Waals surface area contributed by atoms with Crippen LogP contribution in [0.2, 0.25) is 5.28 Å². The predicted octanol–water partition coefficient (Wildman–Crippen LogP) is 3.71. The Morgan fingerprint density at radius 3 is 2.76 bits per heavy atom. The minimum atomic E-state index is -1.00. The summed E-state index contributed by atoms with van der Waals surface area (Å²) in [7, 11) is 0. The number of rotatable bonds is 3. The molecule has 3 heterocycles. The smallest absolute Gasteiger partial charge is 0.225 e. The molecule has 0 aliphatic carbocycles. The Kier molecular flexibility index (Phi) is 3.52. The van der Waals surface area contributed by atoms with Crippen LogP contribution in [0.4, 0.5) is 11.6 Å². The SMILES string of the molecule is CC(C)(O)c1cccc(Nc2nc(Cl)nc3sccc23)n1. The van der Waals surface area contributed by atoms with Crippen molar-refractivity contribution in [3.05, 3.63) is 40.6 Å². The lowest BCUT2D eigenvalue weighted by atomic mass is 10.1. The van der Waals surface area contributed by atoms with E-state index in [2.05, 4.69) is 20.3 Å². The fourth-order valence-corrected chi connectivity index (χ4v) is 2.87. The summed E-state index contributed by atoms with van der Waals surface area (Å²) in [6.45, 7) is 3.38. The summed E-state index contributed by atoms with van der Waals surface area (Å²) in [4.78, 5) is 13.6. The van der Waals surface area contributed by atoms with Gasteiger partial charge in [-0.2, -0.15) is 4.98 Å². The Morgan fingerprint density at radius 2 is 2.00 bits per heavy atom. The number of anilines is 2. The van der Waals surface area contributed by atoms with E-state index in [0.29, 0.717) is 17.3 Å². The molecule has 0 amide bonds. The lowest BCUT2D eigenvalue weighted by molar-refractivity contribution is 0.0740. The minimum absolute atomic E-state index is 0.186. The van der Waals surface area contributed by atoms with Crippen molar-refractivity contribution >= 4 is 44.8 Å². The zero-order valence-corrected chi connectivity index (χ0v) is 13.0. The summed E-state index contributed by atoms with van der Waals surface area (Å²) >= 11 is 7.43. The van der Waals surface area contributed by atoms with E-state index >= 15 is 0 Å². The molecule has 0 saturated carbocycles. The van der Waals surface area contributed by atoms with Gasteiger partial charge >= 0.3 is 0 Å². The zero-order valence-electron chi connectivity index (χ0n) is 11.5. The predicted molar refractivity (Wildman–Crippen MR) is 85.2 cm³/mol. The molecular weight excluding hydrogens is 308 g/mol. The van der Waals surface area contributed by atoms with Crippen LogP contribution in [-0.4, -0.2) is 20.1 Å². The van der Waals surface area contributed by atoms with Gasteiger partial charge in [-0.25, -0.2) is 9.97 Å². The van der Waals surface area contributed by atoms with Crippen LogP contribution in [0.15, 0.2) is 29.6 Å². The van der Waals surface area contributed by atoms with Gasteiger partial charge < -0.3 is 10.4 Å². The van der Waals surface area contributed by atoms with Gasteiger partial charge in [-0.1, -0.05) is 6.07 Å². The van der Waals surface area contributed by atoms with Crippen LogP contribution in [-0.2, 0) is 5.60 Å². The minimum Gasteiger partial charge on any atom is -0.384 e. The van der Waals surface area contributed by atoms with Gasteiger partial charge in [0.25, 0.3) is 0 Å². The zero-order chi connectivity index (χ0) is 15.0. The largest absolute Gasteiger partial charge is 0.384 e. The Bertz CT molecular complexity index is 797. The molecule has 0 atom stereocenters. The van der Waals surface area contributed by atoms with E-state index in [9.17, 15) is 5.11 Å². The Morgan fingerprint density at radius 1 is 1.19 bits per heavy atom. The standard InChI is InChI=1S/C14H13ClN4OS/c1-14(2,20)9-4-3-5-10(16-9)17-11-8-6-7-21-12(8)19-13(15)18-11/h3-7,20H,1-2H3,(H,16,17,18,19). The maximum Gasteiger partial charge on any atom is 0.225 e. The van der Waals surface area contributed by atoms with Gasteiger partial charge in [-0.05, 0) is 49.0 Å². The van der Waals surface area contributed by atoms with Crippen molar-refractivity contribution in [3.8, 4) is 0 Å². The van der Waals surface area contributed by atoms with Crippen molar-refractivity contribution in [1.29, 1.82) is 0 Å². The highest BCUT2D eigenvalue weighted by Crippen LogP contribution is 2.28. The van der Waals surface area contributed by atoms with E-state index in [1.165, 1.54) is 11.3 Å². The second-order valence-corrected chi connectivity index (χ2v) is 6.31. The van der Waals surface area contributed by atoms with E-state index in [4.69, 9.17) is 11.6 Å². The van der Waals surface area contributed by atoms with Crippen LogP contribution >= 0.6 is 22.9 Å². The fourth-order valence-electron chi connectivity index (χ4n) is 1.89. The molecule has 5 nitrogen and oxygen atoms in total. The van der Waals surface area contributed by atoms with Crippen LogP contribution in [0.3, 0.4) is 0 Å². The number of hydrogen-bond donors (Lipinski definition) is 2. The molecular formula is C14H13ClN4OS. The average molecular weight is 321 g/mol. The van der Waals surface area contributed by atoms with Gasteiger partial charge in [-0.3, -0.25) is 0 Å². The monoisotopic (exact) mass is 320 g/mol. The number of nitrogens with zero attached hydrogens (tertiary/aromatic N) is 3. The van der Waals surface area contributed by atoms with Gasteiger partial charge in [0.15, 0.2) is 0 Å². The van der Waals surface area contributed by atoms with Gasteiger partial charge in [0, 0.05) is 0 Å². The van der Waals surface area contributed by atoms with Crippen molar-refractivity contribution in [2.24, 2.45) is 0 Å². The molecule has 3 aromatic heterocycles. The molecule has 0 unspecified atom stereocenters. The first-order valence-corrected chi connectivity index (χ1v) is 7.57. The van der Waals surface area contributed by atoms with E-state index in [0.717, 1.165) is 10.2 Å². The maximum absolute atomic E-state index is 10.0. The molecule has 0 fully saturated rings. The first-order valence-electron chi connectivity index (χ1n) is 6.31. The Hall–Kier alpha value is -1.76. The highest BCUT2D eigenvalue weighted by atomic mass is 35.5. The third-order valence-corrected chi connectivity index (χ3v) is 3.90. The normalized spacial score (nSPS) is 11.8. The molecule has 0 aliphatic rings. The highest BCUT2D eigenvalue weighted by Gasteiger charge is 2.18. The average Bonchev–Trinajstić information content (AvgIpc) is 2.86. The summed E-state index contributed by atoms with van der Waals surface area (Å²) in [5.74, 6) is 1.20. The van der Waals surface area contributed by atoms with Crippen LogP contribution in [0.25, 0.3) is 10.2 Å². The molecule has 3 rings (SSSR count). The molecule has 0 radical (unpaired) electrons. The van der Waals surface area contributed by atoms with Crippen molar-refractivity contribution < 1.29 is 5.11 Å². The molecule has 108 valence electrons. The number of hydrogen-bond acceptors (Lipinski definition) is 6. The molecule has 0 saturated heterocycles. The topological polar surface area (TPSA) is 70.9 Å². The Balaban J connectivity index is 2.01. The van der Waals surface area contributed by atoms with Crippen LogP contribution in [0.5, 0.6) is 0 Å². The maximum atomic E-state index is 10.0. The Labute approximate surface area is 130 Å². The van der Waals surface area contributed by atoms with E-state index < -0.39 is 5.60 Å². The summed E-state index contributed by atoms with van der Waals surface area (Å²) in [6, 6.07) is 7.34. The third kappa shape index (κ3) is 2.97. The van der Waals surface area contributed by atoms with E-state index in [1.807, 2.05) is 23.6 Å². The lowest BCUT2D eigenvalue weighted by Crippen LogP contribution is -2.17. The molecule has 0 aliphatic heterocycles. The molecule has 21 heavy (non-hydrogen) atoms. The molecule has 3 aromatic rings. The first kappa shape index (κ1) is 14.2. The molecule has 0 bridgehead atoms. The van der Waals surface area contributed by atoms with Crippen molar-refractivity contribution in [1.82, 2.24) is 15.0 Å². The van der Waals surface area contributed by atoms with Gasteiger partial charge in [-0.15, -0.1) is 11.3 Å². The van der Waals surface area contributed by atoms with E-state index in [1.54, 1.807) is 19.9 Å². The molecule has 0 spiro atoms. The molecule has 0 aromatic carbocycles. The summed E-state index contributed by atoms with van der Waals surface area (Å²) in [5.41, 5.74) is -0.423. The van der Waals surface area contributed by atoms with Crippen LogP contribution < -0.4 is 5.32 Å². The van der Waals surface area contributed by atoms with Gasteiger partial charge in [0.2, 0.25) is 5.28 Å². The summed E-state index contributed by atoms with van der Waals surface area (Å²) in [6.07, 6.45) is 0. The van der Waals surface area contributed by atoms with Crippen LogP contribution in [0.1, 0.15) is 19.5 Å². The number of aromatic nitrogens is 3. The number of halogens is 1. The number of thiophene rings is 1. The fraction of sp³-hybridized carbons (Fsp3) is 0.214. The van der Waals surface area contributed by atoms with Crippen molar-refractivity contribution in [2.75, 3.05) is 5.32 Å². The second kappa shape index (κ2) is 5.22. The third-order valence-electron chi connectivity index (χ3n) is 2.92. The van der Waals surface area contributed by atoms with E-state index in [-0.39, 0.29) is 5.28 Å². The number of pyridine rings is 1. The number of aliphatic hydroxyl groups is 1. The molecule has 7 heteroatoms. The lowest BCUT2D eigenvalue weighted by Gasteiger charge is -2.17. The van der Waals surface area contributed by atoms with Crippen molar-refractivity contribution in [3.63, 3.8) is 0 Å². The van der Waals surface area contributed by atoms with Crippen LogP contribution in [0, 0.1) is 0 Å². The number of nitrogens with one attached hydrogen (secondary N) is 1. The number of fused-ring (bicyclic) bond motifs is 1. The summed E-state index contributed by atoms with van der Waals surface area (Å²) in [5, 5.41) is 16.2. The van der Waals surface area contributed by atoms with Crippen molar-refractivity contribution in [2.45, 2.75) is 19.4 Å². The highest BCUT2D eigenvalue weighted by molar-refractivity contribution is 7.16. The first-order chi connectivity index (χ1) is 9.93. The van der Waals surface area contributed by atoms with Gasteiger partial charge in [0.05, 0.1) is 11.1 Å². The van der Waals surface area contributed by atoms with Gasteiger partial charge in [0.1, 0.15) is 22.1 Å². The summed E-state index contributed by atoms with van der Waals surface area (Å²) < 4.78 is 0. The molecule has 2 N–H and O–H groups in total. The second-order valence-electron chi connectivity index (χ2n) is 5.07.